The van der Waals surface area contributed by atoms with Crippen LogP contribution >= 0.6 is 39.0 Å². The zero-order valence-corrected chi connectivity index (χ0v) is 16.1. The van der Waals surface area contributed by atoms with Crippen LogP contribution < -0.4 is 10.1 Å². The van der Waals surface area contributed by atoms with Gasteiger partial charge in [-0.15, -0.1) is 11.3 Å². The summed E-state index contributed by atoms with van der Waals surface area (Å²) in [5.74, 6) is 1.12. The fourth-order valence-corrected chi connectivity index (χ4v) is 4.39. The molecule has 4 nitrogen and oxygen atoms in total. The Balaban J connectivity index is 1.61. The zero-order valence-electron chi connectivity index (χ0n) is 12.9. The van der Waals surface area contributed by atoms with Gasteiger partial charge in [0.15, 0.2) is 4.34 Å². The number of anilines is 1. The predicted octanol–water partition coefficient (Wildman–Crippen LogP) is 5.19. The van der Waals surface area contributed by atoms with Crippen LogP contribution in [0.15, 0.2) is 51.3 Å². The minimum Gasteiger partial charge on any atom is -0.494 e. The van der Waals surface area contributed by atoms with Crippen LogP contribution in [0.5, 0.6) is 5.75 Å². The molecule has 2 aromatic carbocycles. The second kappa shape index (κ2) is 8.00. The first-order valence-corrected chi connectivity index (χ1v) is 9.95. The number of thiazole rings is 1. The maximum atomic E-state index is 12.1. The Morgan fingerprint density at radius 1 is 1.33 bits per heavy atom. The van der Waals surface area contributed by atoms with E-state index in [1.165, 1.54) is 11.8 Å². The molecule has 1 aromatic heterocycles. The highest BCUT2D eigenvalue weighted by Gasteiger charge is 2.09. The lowest BCUT2D eigenvalue weighted by molar-refractivity contribution is -0.113. The highest BCUT2D eigenvalue weighted by molar-refractivity contribution is 9.10. The first-order chi connectivity index (χ1) is 11.6. The fraction of sp³-hybridized carbons (Fsp3) is 0.176. The van der Waals surface area contributed by atoms with E-state index < -0.39 is 0 Å². The van der Waals surface area contributed by atoms with E-state index >= 15 is 0 Å². The third kappa shape index (κ3) is 4.49. The molecule has 0 fully saturated rings. The Labute approximate surface area is 156 Å². The normalized spacial score (nSPS) is 10.8. The number of carbonyl (C=O) groups is 1. The Morgan fingerprint density at radius 3 is 3.00 bits per heavy atom. The van der Waals surface area contributed by atoms with Crippen LogP contribution in [0, 0.1) is 0 Å². The summed E-state index contributed by atoms with van der Waals surface area (Å²) in [6.07, 6.45) is 0. The molecule has 24 heavy (non-hydrogen) atoms. The van der Waals surface area contributed by atoms with Crippen molar-refractivity contribution in [2.24, 2.45) is 0 Å². The summed E-state index contributed by atoms with van der Waals surface area (Å²) >= 11 is 6.40. The molecule has 0 spiro atoms. The zero-order chi connectivity index (χ0) is 16.9. The number of carbonyl (C=O) groups excluding carboxylic acids is 1. The van der Waals surface area contributed by atoms with Gasteiger partial charge in [-0.2, -0.15) is 0 Å². The molecule has 0 saturated heterocycles. The number of nitrogens with zero attached hydrogens (tertiary/aromatic N) is 1. The molecule has 0 aliphatic rings. The first kappa shape index (κ1) is 17.3. The van der Waals surface area contributed by atoms with Crippen molar-refractivity contribution in [2.75, 3.05) is 17.7 Å². The van der Waals surface area contributed by atoms with Gasteiger partial charge < -0.3 is 10.1 Å². The molecular formula is C17H15BrN2O2S2. The van der Waals surface area contributed by atoms with E-state index in [0.717, 1.165) is 30.5 Å². The maximum absolute atomic E-state index is 12.1. The van der Waals surface area contributed by atoms with Crippen LogP contribution in [0.3, 0.4) is 0 Å². The number of rotatable bonds is 6. The molecular weight excluding hydrogens is 408 g/mol. The number of ether oxygens (including phenoxy) is 1. The molecule has 0 aliphatic heterocycles. The van der Waals surface area contributed by atoms with Gasteiger partial charge in [0.05, 0.1) is 22.6 Å². The largest absolute Gasteiger partial charge is 0.494 e. The third-order valence-electron chi connectivity index (χ3n) is 3.09. The SMILES string of the molecule is CCOc1ccc2nc(SCC(=O)Nc3cccc(Br)c3)sc2c1. The van der Waals surface area contributed by atoms with Gasteiger partial charge in [0.1, 0.15) is 5.75 Å². The van der Waals surface area contributed by atoms with Gasteiger partial charge >= 0.3 is 0 Å². The van der Waals surface area contributed by atoms with E-state index in [2.05, 4.69) is 26.2 Å². The first-order valence-electron chi connectivity index (χ1n) is 7.35. The van der Waals surface area contributed by atoms with Crippen LogP contribution in [0.4, 0.5) is 5.69 Å². The van der Waals surface area contributed by atoms with Gasteiger partial charge in [-0.25, -0.2) is 4.98 Å². The number of benzene rings is 2. The number of aromatic nitrogens is 1. The van der Waals surface area contributed by atoms with E-state index in [-0.39, 0.29) is 5.91 Å². The van der Waals surface area contributed by atoms with Gasteiger partial charge in [0.25, 0.3) is 0 Å². The van der Waals surface area contributed by atoms with E-state index in [4.69, 9.17) is 4.74 Å². The number of nitrogens with one attached hydrogen (secondary N) is 1. The lowest BCUT2D eigenvalue weighted by Gasteiger charge is -2.04. The predicted molar refractivity (Wildman–Crippen MR) is 104 cm³/mol. The number of hydrogen-bond donors (Lipinski definition) is 1. The van der Waals surface area contributed by atoms with Crippen molar-refractivity contribution >= 4 is 60.8 Å². The van der Waals surface area contributed by atoms with Crippen molar-refractivity contribution < 1.29 is 9.53 Å². The van der Waals surface area contributed by atoms with Crippen molar-refractivity contribution in [2.45, 2.75) is 11.3 Å². The summed E-state index contributed by atoms with van der Waals surface area (Å²) in [4.78, 5) is 16.6. The Bertz CT molecular complexity index is 867. The average Bonchev–Trinajstić information content (AvgIpc) is 2.95. The van der Waals surface area contributed by atoms with Gasteiger partial charge in [-0.05, 0) is 43.3 Å². The smallest absolute Gasteiger partial charge is 0.234 e. The fourth-order valence-electron chi connectivity index (χ4n) is 2.09. The minimum atomic E-state index is -0.0487. The second-order valence-corrected chi connectivity index (χ2v) is 8.06. The molecule has 0 aliphatic carbocycles. The summed E-state index contributed by atoms with van der Waals surface area (Å²) in [5, 5.41) is 2.88. The summed E-state index contributed by atoms with van der Waals surface area (Å²) in [7, 11) is 0. The molecule has 3 rings (SSSR count). The van der Waals surface area contributed by atoms with Crippen LogP contribution in [0.1, 0.15) is 6.92 Å². The lowest BCUT2D eigenvalue weighted by Crippen LogP contribution is -2.13. The van der Waals surface area contributed by atoms with Crippen LogP contribution in [0.25, 0.3) is 10.2 Å². The van der Waals surface area contributed by atoms with E-state index in [1.807, 2.05) is 49.4 Å². The lowest BCUT2D eigenvalue weighted by atomic mass is 10.3. The summed E-state index contributed by atoms with van der Waals surface area (Å²) in [5.41, 5.74) is 1.71. The van der Waals surface area contributed by atoms with Crippen molar-refractivity contribution in [3.8, 4) is 5.75 Å². The standard InChI is InChI=1S/C17H15BrN2O2S2/c1-2-22-13-6-7-14-15(9-13)24-17(20-14)23-10-16(21)19-12-5-3-4-11(18)8-12/h3-9H,2,10H2,1H3,(H,19,21). The molecule has 3 aromatic rings. The van der Waals surface area contributed by atoms with Crippen molar-refractivity contribution in [1.29, 1.82) is 0 Å². The summed E-state index contributed by atoms with van der Waals surface area (Å²) in [6, 6.07) is 13.4. The van der Waals surface area contributed by atoms with Gasteiger partial charge in [-0.3, -0.25) is 4.79 Å². The van der Waals surface area contributed by atoms with Gasteiger partial charge in [-0.1, -0.05) is 33.8 Å². The molecule has 0 saturated carbocycles. The number of hydrogen-bond acceptors (Lipinski definition) is 5. The molecule has 124 valence electrons. The molecule has 0 radical (unpaired) electrons. The molecule has 1 heterocycles. The van der Waals surface area contributed by atoms with Crippen molar-refractivity contribution in [3.05, 3.63) is 46.9 Å². The van der Waals surface area contributed by atoms with Crippen LogP contribution in [0.2, 0.25) is 0 Å². The highest BCUT2D eigenvalue weighted by atomic mass is 79.9. The third-order valence-corrected chi connectivity index (χ3v) is 5.74. The molecule has 7 heteroatoms. The number of fused-ring (bicyclic) bond motifs is 1. The monoisotopic (exact) mass is 422 g/mol. The molecule has 0 bridgehead atoms. The maximum Gasteiger partial charge on any atom is 0.234 e. The summed E-state index contributed by atoms with van der Waals surface area (Å²) < 4.78 is 8.38. The highest BCUT2D eigenvalue weighted by Crippen LogP contribution is 2.32. The van der Waals surface area contributed by atoms with Crippen LogP contribution in [-0.2, 0) is 4.79 Å². The number of thioether (sulfide) groups is 1. The minimum absolute atomic E-state index is 0.0487. The van der Waals surface area contributed by atoms with Crippen molar-refractivity contribution in [3.63, 3.8) is 0 Å². The summed E-state index contributed by atoms with van der Waals surface area (Å²) in [6.45, 7) is 2.60. The molecule has 0 unspecified atom stereocenters. The molecule has 0 atom stereocenters. The quantitative estimate of drug-likeness (QED) is 0.555. The topological polar surface area (TPSA) is 51.2 Å². The average molecular weight is 423 g/mol. The van der Waals surface area contributed by atoms with Crippen molar-refractivity contribution in [1.82, 2.24) is 4.98 Å². The van der Waals surface area contributed by atoms with E-state index in [9.17, 15) is 4.79 Å². The molecule has 1 N–H and O–H groups in total. The second-order valence-electron chi connectivity index (χ2n) is 4.89. The Hall–Kier alpha value is -1.57. The number of amides is 1. The molecule has 1 amide bonds. The Morgan fingerprint density at radius 2 is 2.21 bits per heavy atom. The van der Waals surface area contributed by atoms with Gasteiger partial charge in [0.2, 0.25) is 5.91 Å². The van der Waals surface area contributed by atoms with E-state index in [1.54, 1.807) is 11.3 Å². The number of halogens is 1. The Kier molecular flexibility index (Phi) is 5.76. The van der Waals surface area contributed by atoms with E-state index in [0.29, 0.717) is 12.4 Å². The van der Waals surface area contributed by atoms with Gasteiger partial charge in [0, 0.05) is 10.2 Å². The van der Waals surface area contributed by atoms with Crippen LogP contribution in [-0.4, -0.2) is 23.3 Å².